The van der Waals surface area contributed by atoms with Gasteiger partial charge in [-0.2, -0.15) is 4.37 Å². The van der Waals surface area contributed by atoms with Crippen molar-refractivity contribution in [2.75, 3.05) is 17.2 Å². The lowest BCUT2D eigenvalue weighted by Crippen LogP contribution is -2.29. The molecule has 100 valence electrons. The SMILES string of the molecule is Nc1ccc2c(c1)CN(c1snc3ccccc13)CC2. The third-order valence-corrected chi connectivity index (χ3v) is 4.83. The van der Waals surface area contributed by atoms with Gasteiger partial charge < -0.3 is 10.6 Å². The third-order valence-electron chi connectivity index (χ3n) is 3.89. The quantitative estimate of drug-likeness (QED) is 0.695. The van der Waals surface area contributed by atoms with Crippen molar-refractivity contribution >= 4 is 33.1 Å². The average Bonchev–Trinajstić information content (AvgIpc) is 2.90. The highest BCUT2D eigenvalue weighted by atomic mass is 32.1. The van der Waals surface area contributed by atoms with E-state index in [0.29, 0.717) is 0 Å². The topological polar surface area (TPSA) is 42.1 Å². The lowest BCUT2D eigenvalue weighted by molar-refractivity contribution is 0.740. The molecular formula is C16H15N3S. The highest BCUT2D eigenvalue weighted by Crippen LogP contribution is 2.34. The van der Waals surface area contributed by atoms with Crippen LogP contribution in [0.5, 0.6) is 0 Å². The lowest BCUT2D eigenvalue weighted by atomic mass is 9.99. The Morgan fingerprint density at radius 2 is 2.00 bits per heavy atom. The summed E-state index contributed by atoms with van der Waals surface area (Å²) < 4.78 is 4.54. The molecule has 0 radical (unpaired) electrons. The molecule has 0 spiro atoms. The molecule has 20 heavy (non-hydrogen) atoms. The zero-order chi connectivity index (χ0) is 13.5. The predicted octanol–water partition coefficient (Wildman–Crippen LogP) is 3.44. The summed E-state index contributed by atoms with van der Waals surface area (Å²) >= 11 is 1.59. The normalized spacial score (nSPS) is 14.5. The maximum Gasteiger partial charge on any atom is 0.120 e. The Hall–Kier alpha value is -2.07. The zero-order valence-electron chi connectivity index (χ0n) is 11.0. The molecular weight excluding hydrogens is 266 g/mol. The van der Waals surface area contributed by atoms with Gasteiger partial charge in [-0.1, -0.05) is 18.2 Å². The van der Waals surface area contributed by atoms with Crippen LogP contribution < -0.4 is 10.6 Å². The zero-order valence-corrected chi connectivity index (χ0v) is 11.9. The molecule has 0 bridgehead atoms. The van der Waals surface area contributed by atoms with E-state index in [9.17, 15) is 0 Å². The molecule has 3 aromatic rings. The van der Waals surface area contributed by atoms with Crippen LogP contribution in [-0.2, 0) is 13.0 Å². The van der Waals surface area contributed by atoms with Crippen molar-refractivity contribution in [3.63, 3.8) is 0 Å². The molecule has 0 unspecified atom stereocenters. The molecule has 0 saturated heterocycles. The molecule has 1 aliphatic heterocycles. The van der Waals surface area contributed by atoms with E-state index in [1.54, 1.807) is 11.5 Å². The highest BCUT2D eigenvalue weighted by molar-refractivity contribution is 7.11. The molecule has 0 aliphatic carbocycles. The summed E-state index contributed by atoms with van der Waals surface area (Å²) in [5.74, 6) is 0. The van der Waals surface area contributed by atoms with Crippen LogP contribution in [0.2, 0.25) is 0 Å². The number of fused-ring (bicyclic) bond motifs is 2. The Kier molecular flexibility index (Phi) is 2.63. The Morgan fingerprint density at radius 1 is 1.10 bits per heavy atom. The van der Waals surface area contributed by atoms with E-state index < -0.39 is 0 Å². The summed E-state index contributed by atoms with van der Waals surface area (Å²) in [5.41, 5.74) is 10.6. The molecule has 0 fully saturated rings. The fraction of sp³-hybridized carbons (Fsp3) is 0.188. The molecule has 4 heteroatoms. The predicted molar refractivity (Wildman–Crippen MR) is 85.2 cm³/mol. The lowest BCUT2D eigenvalue weighted by Gasteiger charge is -2.29. The van der Waals surface area contributed by atoms with Gasteiger partial charge in [-0.3, -0.25) is 0 Å². The minimum Gasteiger partial charge on any atom is -0.399 e. The molecule has 0 atom stereocenters. The largest absolute Gasteiger partial charge is 0.399 e. The van der Waals surface area contributed by atoms with Crippen molar-refractivity contribution in [2.45, 2.75) is 13.0 Å². The second kappa shape index (κ2) is 4.49. The molecule has 3 nitrogen and oxygen atoms in total. The number of hydrogen-bond acceptors (Lipinski definition) is 4. The van der Waals surface area contributed by atoms with E-state index >= 15 is 0 Å². The van der Waals surface area contributed by atoms with E-state index in [1.165, 1.54) is 21.5 Å². The van der Waals surface area contributed by atoms with Gasteiger partial charge in [0.2, 0.25) is 0 Å². The van der Waals surface area contributed by atoms with Gasteiger partial charge in [-0.05, 0) is 53.3 Å². The Balaban J connectivity index is 1.74. The van der Waals surface area contributed by atoms with E-state index in [-0.39, 0.29) is 0 Å². The van der Waals surface area contributed by atoms with Gasteiger partial charge in [-0.15, -0.1) is 0 Å². The van der Waals surface area contributed by atoms with Crippen molar-refractivity contribution in [1.82, 2.24) is 4.37 Å². The number of hydrogen-bond donors (Lipinski definition) is 1. The van der Waals surface area contributed by atoms with Gasteiger partial charge in [0.15, 0.2) is 0 Å². The van der Waals surface area contributed by atoms with Crippen molar-refractivity contribution in [2.24, 2.45) is 0 Å². The molecule has 1 aliphatic rings. The Morgan fingerprint density at radius 3 is 2.95 bits per heavy atom. The number of rotatable bonds is 1. The first-order valence-corrected chi connectivity index (χ1v) is 7.55. The average molecular weight is 281 g/mol. The second-order valence-electron chi connectivity index (χ2n) is 5.20. The molecule has 2 aromatic carbocycles. The highest BCUT2D eigenvalue weighted by Gasteiger charge is 2.20. The molecule has 1 aromatic heterocycles. The summed E-state index contributed by atoms with van der Waals surface area (Å²) in [6.45, 7) is 1.97. The minimum atomic E-state index is 0.847. The van der Waals surface area contributed by atoms with Crippen LogP contribution in [-0.4, -0.2) is 10.9 Å². The summed E-state index contributed by atoms with van der Waals surface area (Å²) in [6.07, 6.45) is 1.07. The number of aromatic nitrogens is 1. The number of nitrogen functional groups attached to an aromatic ring is 1. The van der Waals surface area contributed by atoms with Crippen LogP contribution in [0.1, 0.15) is 11.1 Å². The fourth-order valence-electron chi connectivity index (χ4n) is 2.85. The van der Waals surface area contributed by atoms with Gasteiger partial charge in [0, 0.05) is 24.2 Å². The number of nitrogens with zero attached hydrogens (tertiary/aromatic N) is 2. The number of anilines is 2. The summed E-state index contributed by atoms with van der Waals surface area (Å²) in [4.78, 5) is 2.42. The second-order valence-corrected chi connectivity index (χ2v) is 5.96. The first kappa shape index (κ1) is 11.7. The van der Waals surface area contributed by atoms with Crippen molar-refractivity contribution in [3.8, 4) is 0 Å². The number of nitrogens with two attached hydrogens (primary N) is 1. The van der Waals surface area contributed by atoms with Crippen LogP contribution >= 0.6 is 11.5 Å². The maximum absolute atomic E-state index is 5.91. The summed E-state index contributed by atoms with van der Waals surface area (Å²) in [6, 6.07) is 14.6. The van der Waals surface area contributed by atoms with Gasteiger partial charge in [0.1, 0.15) is 5.00 Å². The smallest absolute Gasteiger partial charge is 0.120 e. The minimum absolute atomic E-state index is 0.847. The van der Waals surface area contributed by atoms with Crippen LogP contribution in [0.15, 0.2) is 42.5 Å². The molecule has 0 saturated carbocycles. The first-order chi connectivity index (χ1) is 9.81. The summed E-state index contributed by atoms with van der Waals surface area (Å²) in [5, 5.41) is 2.53. The molecule has 2 heterocycles. The Bertz CT molecular complexity index is 778. The van der Waals surface area contributed by atoms with Crippen molar-refractivity contribution < 1.29 is 0 Å². The van der Waals surface area contributed by atoms with Crippen LogP contribution in [0.25, 0.3) is 10.9 Å². The van der Waals surface area contributed by atoms with Crippen LogP contribution in [0, 0.1) is 0 Å². The van der Waals surface area contributed by atoms with Gasteiger partial charge >= 0.3 is 0 Å². The maximum atomic E-state index is 5.91. The van der Waals surface area contributed by atoms with E-state index in [2.05, 4.69) is 39.6 Å². The van der Waals surface area contributed by atoms with Crippen molar-refractivity contribution in [3.05, 3.63) is 53.6 Å². The first-order valence-electron chi connectivity index (χ1n) is 6.78. The van der Waals surface area contributed by atoms with Crippen LogP contribution in [0.4, 0.5) is 10.7 Å². The fourth-order valence-corrected chi connectivity index (χ4v) is 3.74. The number of benzene rings is 2. The van der Waals surface area contributed by atoms with Crippen molar-refractivity contribution in [1.29, 1.82) is 0 Å². The van der Waals surface area contributed by atoms with Gasteiger partial charge in [0.05, 0.1) is 5.52 Å². The Labute approximate surface area is 121 Å². The monoisotopic (exact) mass is 281 g/mol. The molecule has 0 amide bonds. The van der Waals surface area contributed by atoms with Gasteiger partial charge in [0.25, 0.3) is 0 Å². The molecule has 4 rings (SSSR count). The van der Waals surface area contributed by atoms with E-state index in [1.807, 2.05) is 12.1 Å². The van der Waals surface area contributed by atoms with Gasteiger partial charge in [-0.25, -0.2) is 0 Å². The molecule has 2 N–H and O–H groups in total. The third kappa shape index (κ3) is 1.84. The van der Waals surface area contributed by atoms with E-state index in [4.69, 9.17) is 5.73 Å². The van der Waals surface area contributed by atoms with E-state index in [0.717, 1.165) is 30.7 Å². The standard InChI is InChI=1S/C16H15N3S/c17-13-6-5-11-7-8-19(10-12(11)9-13)16-14-3-1-2-4-15(14)18-20-16/h1-6,9H,7-8,10,17H2. The van der Waals surface area contributed by atoms with Crippen LogP contribution in [0.3, 0.4) is 0 Å². The summed E-state index contributed by atoms with van der Waals surface area (Å²) in [7, 11) is 0.